The Labute approximate surface area is 147 Å². The van der Waals surface area contributed by atoms with Crippen LogP contribution in [0.4, 0.5) is 5.69 Å². The van der Waals surface area contributed by atoms with Gasteiger partial charge in [0.1, 0.15) is 0 Å². The number of hydrogen-bond acceptors (Lipinski definition) is 3. The SMILES string of the molecule is O=C(Nc1ccncc1)c1ccccc1C(=O)c1ccc(Br)cc1. The van der Waals surface area contributed by atoms with Gasteiger partial charge in [-0.2, -0.15) is 0 Å². The second kappa shape index (κ2) is 7.19. The number of aromatic nitrogens is 1. The van der Waals surface area contributed by atoms with Crippen molar-refractivity contribution in [3.8, 4) is 0 Å². The molecule has 118 valence electrons. The van der Waals surface area contributed by atoms with Crippen LogP contribution in [-0.4, -0.2) is 16.7 Å². The lowest BCUT2D eigenvalue weighted by molar-refractivity contribution is 0.0996. The Kier molecular flexibility index (Phi) is 4.82. The van der Waals surface area contributed by atoms with Gasteiger partial charge in [-0.3, -0.25) is 14.6 Å². The average Bonchev–Trinajstić information content (AvgIpc) is 2.62. The summed E-state index contributed by atoms with van der Waals surface area (Å²) < 4.78 is 0.891. The highest BCUT2D eigenvalue weighted by molar-refractivity contribution is 9.10. The first-order chi connectivity index (χ1) is 11.6. The first kappa shape index (κ1) is 16.1. The summed E-state index contributed by atoms with van der Waals surface area (Å²) in [6.07, 6.45) is 3.18. The van der Waals surface area contributed by atoms with Crippen LogP contribution in [0.3, 0.4) is 0 Å². The van der Waals surface area contributed by atoms with E-state index in [1.54, 1.807) is 73.1 Å². The van der Waals surface area contributed by atoms with E-state index >= 15 is 0 Å². The summed E-state index contributed by atoms with van der Waals surface area (Å²) in [6, 6.07) is 17.2. The number of amides is 1. The van der Waals surface area contributed by atoms with Crippen molar-refractivity contribution in [2.45, 2.75) is 0 Å². The third kappa shape index (κ3) is 3.58. The smallest absolute Gasteiger partial charge is 0.256 e. The summed E-state index contributed by atoms with van der Waals surface area (Å²) in [5.41, 5.74) is 1.86. The number of ketones is 1. The number of nitrogens with one attached hydrogen (secondary N) is 1. The summed E-state index contributed by atoms with van der Waals surface area (Å²) in [6.45, 7) is 0. The van der Waals surface area contributed by atoms with Crippen LogP contribution in [-0.2, 0) is 0 Å². The molecule has 1 N–H and O–H groups in total. The Hall–Kier alpha value is -2.79. The topological polar surface area (TPSA) is 59.1 Å². The molecule has 1 amide bonds. The zero-order valence-electron chi connectivity index (χ0n) is 12.6. The van der Waals surface area contributed by atoms with Gasteiger partial charge in [0.2, 0.25) is 0 Å². The van der Waals surface area contributed by atoms with Crippen molar-refractivity contribution in [1.29, 1.82) is 0 Å². The van der Waals surface area contributed by atoms with Crippen molar-refractivity contribution in [2.75, 3.05) is 5.32 Å². The summed E-state index contributed by atoms with van der Waals surface area (Å²) in [5.74, 6) is -0.523. The minimum atomic E-state index is -0.331. The van der Waals surface area contributed by atoms with Gasteiger partial charge >= 0.3 is 0 Å². The van der Waals surface area contributed by atoms with Crippen molar-refractivity contribution in [3.63, 3.8) is 0 Å². The van der Waals surface area contributed by atoms with E-state index in [0.29, 0.717) is 22.4 Å². The Morgan fingerprint density at radius 2 is 1.46 bits per heavy atom. The highest BCUT2D eigenvalue weighted by Gasteiger charge is 2.18. The van der Waals surface area contributed by atoms with Gasteiger partial charge in [-0.05, 0) is 42.5 Å². The molecule has 0 aliphatic carbocycles. The number of nitrogens with zero attached hydrogens (tertiary/aromatic N) is 1. The predicted molar refractivity (Wildman–Crippen MR) is 96.2 cm³/mol. The second-order valence-electron chi connectivity index (χ2n) is 5.07. The predicted octanol–water partition coefficient (Wildman–Crippen LogP) is 4.33. The van der Waals surface area contributed by atoms with Crippen molar-refractivity contribution >= 4 is 33.3 Å². The number of anilines is 1. The van der Waals surface area contributed by atoms with Crippen molar-refractivity contribution in [1.82, 2.24) is 4.98 Å². The maximum atomic E-state index is 12.7. The van der Waals surface area contributed by atoms with Gasteiger partial charge in [0.15, 0.2) is 5.78 Å². The molecule has 0 aliphatic rings. The summed E-state index contributed by atoms with van der Waals surface area (Å²) in [4.78, 5) is 29.2. The minimum Gasteiger partial charge on any atom is -0.322 e. The minimum absolute atomic E-state index is 0.192. The van der Waals surface area contributed by atoms with Crippen molar-refractivity contribution in [2.24, 2.45) is 0 Å². The Morgan fingerprint density at radius 1 is 0.833 bits per heavy atom. The van der Waals surface area contributed by atoms with E-state index in [1.165, 1.54) is 0 Å². The monoisotopic (exact) mass is 380 g/mol. The van der Waals surface area contributed by atoms with Gasteiger partial charge in [-0.1, -0.05) is 34.1 Å². The van der Waals surface area contributed by atoms with Crippen LogP contribution in [0.1, 0.15) is 26.3 Å². The van der Waals surface area contributed by atoms with Crippen LogP contribution in [0.25, 0.3) is 0 Å². The lowest BCUT2D eigenvalue weighted by atomic mass is 9.98. The Morgan fingerprint density at radius 3 is 2.12 bits per heavy atom. The molecule has 0 saturated heterocycles. The first-order valence-corrected chi connectivity index (χ1v) is 8.05. The molecular weight excluding hydrogens is 368 g/mol. The van der Waals surface area contributed by atoms with Gasteiger partial charge in [-0.25, -0.2) is 0 Å². The molecule has 4 nitrogen and oxygen atoms in total. The zero-order valence-corrected chi connectivity index (χ0v) is 14.2. The molecule has 1 aromatic heterocycles. The highest BCUT2D eigenvalue weighted by Crippen LogP contribution is 2.18. The molecule has 0 atom stereocenters. The number of hydrogen-bond donors (Lipinski definition) is 1. The number of carbonyl (C=O) groups is 2. The fourth-order valence-corrected chi connectivity index (χ4v) is 2.53. The molecule has 3 aromatic rings. The fourth-order valence-electron chi connectivity index (χ4n) is 2.27. The molecule has 24 heavy (non-hydrogen) atoms. The fraction of sp³-hybridized carbons (Fsp3) is 0. The van der Waals surface area contributed by atoms with Gasteiger partial charge in [-0.15, -0.1) is 0 Å². The highest BCUT2D eigenvalue weighted by atomic mass is 79.9. The molecule has 0 aliphatic heterocycles. The normalized spacial score (nSPS) is 10.2. The molecule has 0 fully saturated rings. The number of halogens is 1. The maximum Gasteiger partial charge on any atom is 0.256 e. The van der Waals surface area contributed by atoms with Gasteiger partial charge in [0, 0.05) is 33.7 Å². The van der Waals surface area contributed by atoms with Crippen LogP contribution in [0.5, 0.6) is 0 Å². The summed E-state index contributed by atoms with van der Waals surface area (Å²) in [7, 11) is 0. The van der Waals surface area contributed by atoms with Crippen molar-refractivity contribution in [3.05, 3.63) is 94.2 Å². The van der Waals surface area contributed by atoms with E-state index in [1.807, 2.05) is 0 Å². The van der Waals surface area contributed by atoms with Crippen LogP contribution in [0.2, 0.25) is 0 Å². The maximum absolute atomic E-state index is 12.7. The van der Waals surface area contributed by atoms with Crippen molar-refractivity contribution < 1.29 is 9.59 Å². The van der Waals surface area contributed by atoms with Crippen LogP contribution >= 0.6 is 15.9 Å². The average molecular weight is 381 g/mol. The van der Waals surface area contributed by atoms with Crippen LogP contribution in [0, 0.1) is 0 Å². The third-order valence-electron chi connectivity index (χ3n) is 3.46. The number of pyridine rings is 1. The molecule has 0 spiro atoms. The summed E-state index contributed by atoms with van der Waals surface area (Å²) >= 11 is 3.35. The molecule has 0 saturated carbocycles. The Balaban J connectivity index is 1.91. The van der Waals surface area contributed by atoms with E-state index in [-0.39, 0.29) is 11.7 Å². The van der Waals surface area contributed by atoms with E-state index < -0.39 is 0 Å². The number of rotatable bonds is 4. The largest absolute Gasteiger partial charge is 0.322 e. The molecule has 0 unspecified atom stereocenters. The number of benzene rings is 2. The van der Waals surface area contributed by atoms with Gasteiger partial charge in [0.05, 0.1) is 5.56 Å². The number of carbonyl (C=O) groups excluding carboxylic acids is 2. The van der Waals surface area contributed by atoms with Crippen LogP contribution < -0.4 is 5.32 Å². The van der Waals surface area contributed by atoms with E-state index in [4.69, 9.17) is 0 Å². The third-order valence-corrected chi connectivity index (χ3v) is 3.99. The molecule has 2 aromatic carbocycles. The quantitative estimate of drug-likeness (QED) is 0.685. The second-order valence-corrected chi connectivity index (χ2v) is 5.99. The summed E-state index contributed by atoms with van der Waals surface area (Å²) in [5, 5.41) is 2.78. The molecular formula is C19H13BrN2O2. The van der Waals surface area contributed by atoms with Gasteiger partial charge in [0.25, 0.3) is 5.91 Å². The molecule has 0 radical (unpaired) electrons. The molecule has 5 heteroatoms. The van der Waals surface area contributed by atoms with E-state index in [2.05, 4.69) is 26.2 Å². The van der Waals surface area contributed by atoms with Crippen LogP contribution in [0.15, 0.2) is 77.5 Å². The first-order valence-electron chi connectivity index (χ1n) is 7.26. The standard InChI is InChI=1S/C19H13BrN2O2/c20-14-7-5-13(6-8-14)18(23)16-3-1-2-4-17(16)19(24)22-15-9-11-21-12-10-15/h1-12H,(H,21,22,24). The van der Waals surface area contributed by atoms with E-state index in [9.17, 15) is 9.59 Å². The lowest BCUT2D eigenvalue weighted by Gasteiger charge is -2.09. The molecule has 0 bridgehead atoms. The van der Waals surface area contributed by atoms with E-state index in [0.717, 1.165) is 4.47 Å². The molecule has 3 rings (SSSR count). The molecule has 1 heterocycles. The van der Waals surface area contributed by atoms with Gasteiger partial charge < -0.3 is 5.32 Å². The zero-order chi connectivity index (χ0) is 16.9. The Bertz CT molecular complexity index is 877. The lowest BCUT2D eigenvalue weighted by Crippen LogP contribution is -2.16.